The molecule has 0 unspecified atom stereocenters. The Morgan fingerprint density at radius 1 is 1.29 bits per heavy atom. The van der Waals surface area contributed by atoms with E-state index in [0.717, 1.165) is 24.9 Å². The summed E-state index contributed by atoms with van der Waals surface area (Å²) < 4.78 is 0. The van der Waals surface area contributed by atoms with Crippen LogP contribution in [0.1, 0.15) is 52.4 Å². The minimum absolute atomic E-state index is 0.640. The lowest BCUT2D eigenvalue weighted by molar-refractivity contribution is 0.187. The molecule has 0 amide bonds. The average Bonchev–Trinajstić information content (AvgIpc) is 2.81. The zero-order chi connectivity index (χ0) is 12.5. The van der Waals surface area contributed by atoms with Crippen molar-refractivity contribution in [1.82, 2.24) is 4.90 Å². The third-order valence-electron chi connectivity index (χ3n) is 3.60. The van der Waals surface area contributed by atoms with Crippen molar-refractivity contribution in [3.05, 3.63) is 10.4 Å². The van der Waals surface area contributed by atoms with Crippen molar-refractivity contribution in [2.24, 2.45) is 11.0 Å². The van der Waals surface area contributed by atoms with Gasteiger partial charge in [-0.2, -0.15) is 0 Å². The van der Waals surface area contributed by atoms with Crippen LogP contribution in [-0.2, 0) is 0 Å². The van der Waals surface area contributed by atoms with Crippen LogP contribution in [0.25, 0.3) is 10.4 Å². The van der Waals surface area contributed by atoms with Gasteiger partial charge in [0.05, 0.1) is 0 Å². The first-order chi connectivity index (χ1) is 8.24. The van der Waals surface area contributed by atoms with Crippen molar-refractivity contribution in [2.45, 2.75) is 58.4 Å². The van der Waals surface area contributed by atoms with Gasteiger partial charge in [0.1, 0.15) is 0 Å². The molecule has 0 saturated heterocycles. The van der Waals surface area contributed by atoms with Gasteiger partial charge < -0.3 is 4.90 Å². The van der Waals surface area contributed by atoms with Crippen LogP contribution in [-0.4, -0.2) is 30.6 Å². The molecule has 0 N–H and O–H groups in total. The van der Waals surface area contributed by atoms with Gasteiger partial charge in [0.25, 0.3) is 0 Å². The lowest BCUT2D eigenvalue weighted by Gasteiger charge is -2.29. The zero-order valence-electron chi connectivity index (χ0n) is 11.3. The number of hydrogen-bond donors (Lipinski definition) is 0. The molecule has 0 aromatic heterocycles. The van der Waals surface area contributed by atoms with E-state index in [1.54, 1.807) is 0 Å². The fraction of sp³-hybridized carbons (Fsp3) is 1.00. The normalized spacial score (nSPS) is 16.7. The summed E-state index contributed by atoms with van der Waals surface area (Å²) >= 11 is 0. The quantitative estimate of drug-likeness (QED) is 0.273. The van der Waals surface area contributed by atoms with E-state index < -0.39 is 0 Å². The van der Waals surface area contributed by atoms with Crippen molar-refractivity contribution in [3.63, 3.8) is 0 Å². The second-order valence-electron chi connectivity index (χ2n) is 5.46. The Bertz CT molecular complexity index is 240. The molecule has 0 heterocycles. The predicted octanol–water partition coefficient (Wildman–Crippen LogP) is 3.98. The van der Waals surface area contributed by atoms with Crippen LogP contribution in [0.3, 0.4) is 0 Å². The summed E-state index contributed by atoms with van der Waals surface area (Å²) in [6.07, 6.45) is 7.77. The third kappa shape index (κ3) is 5.94. The molecular formula is C13H26N4. The van der Waals surface area contributed by atoms with Crippen LogP contribution in [0.4, 0.5) is 0 Å². The fourth-order valence-electron chi connectivity index (χ4n) is 2.56. The van der Waals surface area contributed by atoms with E-state index in [4.69, 9.17) is 5.53 Å². The summed E-state index contributed by atoms with van der Waals surface area (Å²) in [4.78, 5) is 5.44. The molecule has 1 fully saturated rings. The summed E-state index contributed by atoms with van der Waals surface area (Å²) in [5.74, 6) is 0.774. The molecule has 0 atom stereocenters. The van der Waals surface area contributed by atoms with Crippen LogP contribution in [0, 0.1) is 5.92 Å². The van der Waals surface area contributed by atoms with Gasteiger partial charge in [0, 0.05) is 17.5 Å². The molecule has 17 heavy (non-hydrogen) atoms. The van der Waals surface area contributed by atoms with Gasteiger partial charge in [-0.15, -0.1) is 0 Å². The van der Waals surface area contributed by atoms with Gasteiger partial charge in [-0.25, -0.2) is 0 Å². The van der Waals surface area contributed by atoms with Gasteiger partial charge in [-0.1, -0.05) is 31.8 Å². The summed E-state index contributed by atoms with van der Waals surface area (Å²) in [5.41, 5.74) is 8.26. The Hall–Kier alpha value is -0.730. The maximum atomic E-state index is 8.26. The Balaban J connectivity index is 2.31. The molecule has 0 spiro atoms. The van der Waals surface area contributed by atoms with Crippen molar-refractivity contribution < 1.29 is 0 Å². The molecule has 0 aromatic rings. The molecule has 4 heteroatoms. The molecule has 1 saturated carbocycles. The lowest BCUT2D eigenvalue weighted by Crippen LogP contribution is -2.35. The first-order valence-electron chi connectivity index (χ1n) is 6.99. The van der Waals surface area contributed by atoms with E-state index in [1.807, 2.05) is 0 Å². The van der Waals surface area contributed by atoms with Crippen molar-refractivity contribution >= 4 is 0 Å². The first-order valence-corrected chi connectivity index (χ1v) is 6.99. The SMILES string of the molecule is CC(C)CCN(CCCN=[N+]=[N-])C1CCCC1. The number of hydrogen-bond acceptors (Lipinski definition) is 2. The van der Waals surface area contributed by atoms with Gasteiger partial charge >= 0.3 is 0 Å². The Kier molecular flexibility index (Phi) is 7.06. The smallest absolute Gasteiger partial charge is 0.0270 e. The number of azide groups is 1. The highest BCUT2D eigenvalue weighted by Crippen LogP contribution is 2.24. The highest BCUT2D eigenvalue weighted by Gasteiger charge is 2.21. The maximum Gasteiger partial charge on any atom is 0.0270 e. The highest BCUT2D eigenvalue weighted by atomic mass is 15.2. The topological polar surface area (TPSA) is 52.0 Å². The Labute approximate surface area is 105 Å². The molecule has 0 aromatic carbocycles. The molecule has 1 rings (SSSR count). The summed E-state index contributed by atoms with van der Waals surface area (Å²) in [7, 11) is 0. The van der Waals surface area contributed by atoms with Gasteiger partial charge in [-0.05, 0) is 50.2 Å². The highest BCUT2D eigenvalue weighted by molar-refractivity contribution is 4.77. The monoisotopic (exact) mass is 238 g/mol. The largest absolute Gasteiger partial charge is 0.300 e. The van der Waals surface area contributed by atoms with Crippen LogP contribution in [0.2, 0.25) is 0 Å². The van der Waals surface area contributed by atoms with Gasteiger partial charge in [0.2, 0.25) is 0 Å². The maximum absolute atomic E-state index is 8.26. The van der Waals surface area contributed by atoms with Gasteiger partial charge in [-0.3, -0.25) is 0 Å². The first kappa shape index (κ1) is 14.3. The summed E-state index contributed by atoms with van der Waals surface area (Å²) in [6.45, 7) is 7.51. The van der Waals surface area contributed by atoms with E-state index in [-0.39, 0.29) is 0 Å². The number of nitrogens with zero attached hydrogens (tertiary/aromatic N) is 4. The van der Waals surface area contributed by atoms with Crippen LogP contribution >= 0.6 is 0 Å². The van der Waals surface area contributed by atoms with Crippen molar-refractivity contribution in [1.29, 1.82) is 0 Å². The molecule has 4 nitrogen and oxygen atoms in total. The van der Waals surface area contributed by atoms with Gasteiger partial charge in [0.15, 0.2) is 0 Å². The summed E-state index contributed by atoms with van der Waals surface area (Å²) in [6, 6.07) is 0.791. The van der Waals surface area contributed by atoms with Crippen molar-refractivity contribution in [3.8, 4) is 0 Å². The molecule has 1 aliphatic rings. The second kappa shape index (κ2) is 8.37. The van der Waals surface area contributed by atoms with E-state index in [0.29, 0.717) is 6.54 Å². The van der Waals surface area contributed by atoms with Crippen LogP contribution in [0.5, 0.6) is 0 Å². The van der Waals surface area contributed by atoms with E-state index >= 15 is 0 Å². The fourth-order valence-corrected chi connectivity index (χ4v) is 2.56. The zero-order valence-corrected chi connectivity index (χ0v) is 11.3. The minimum atomic E-state index is 0.640. The molecular weight excluding hydrogens is 212 g/mol. The molecule has 0 bridgehead atoms. The van der Waals surface area contributed by atoms with Crippen molar-refractivity contribution in [2.75, 3.05) is 19.6 Å². The van der Waals surface area contributed by atoms with E-state index in [9.17, 15) is 0 Å². The Morgan fingerprint density at radius 2 is 2.00 bits per heavy atom. The molecule has 0 aliphatic heterocycles. The average molecular weight is 238 g/mol. The number of rotatable bonds is 8. The third-order valence-corrected chi connectivity index (χ3v) is 3.60. The standard InChI is InChI=1S/C13H26N4/c1-12(2)8-11-17(10-5-9-15-16-14)13-6-3-4-7-13/h12-13H,3-11H2,1-2H3. The Morgan fingerprint density at radius 3 is 2.59 bits per heavy atom. The summed E-state index contributed by atoms with van der Waals surface area (Å²) in [5, 5.41) is 3.62. The molecule has 0 radical (unpaired) electrons. The minimum Gasteiger partial charge on any atom is -0.300 e. The molecule has 98 valence electrons. The second-order valence-corrected chi connectivity index (χ2v) is 5.46. The van der Waals surface area contributed by atoms with Crippen LogP contribution < -0.4 is 0 Å². The predicted molar refractivity (Wildman–Crippen MR) is 71.9 cm³/mol. The lowest BCUT2D eigenvalue weighted by atomic mass is 10.1. The molecule has 1 aliphatic carbocycles. The van der Waals surface area contributed by atoms with Crippen LogP contribution in [0.15, 0.2) is 5.11 Å². The van der Waals surface area contributed by atoms with E-state index in [1.165, 1.54) is 38.6 Å². The van der Waals surface area contributed by atoms with E-state index in [2.05, 4.69) is 28.8 Å².